The fraction of sp³-hybridized carbons (Fsp3) is 0.500. The lowest BCUT2D eigenvalue weighted by molar-refractivity contribution is 0.813. The number of aryl methyl sites for hydroxylation is 1. The molecule has 3 rings (SSSR count). The average molecular weight is 375 g/mol. The SMILES string of the molecule is C/C(=C(Br)\N=C(/C)c1cn2cc(C)nc2nc1C(C)C)C1CC1. The molecule has 1 aliphatic carbocycles. The van der Waals surface area contributed by atoms with Gasteiger partial charge in [-0.05, 0) is 67.0 Å². The fourth-order valence-electron chi connectivity index (χ4n) is 2.75. The third kappa shape index (κ3) is 3.39. The molecule has 2 heterocycles. The van der Waals surface area contributed by atoms with Gasteiger partial charge in [-0.3, -0.25) is 4.40 Å². The fourth-order valence-corrected chi connectivity index (χ4v) is 3.34. The normalized spacial score (nSPS) is 17.1. The summed E-state index contributed by atoms with van der Waals surface area (Å²) in [5.41, 5.74) is 5.45. The zero-order valence-corrected chi connectivity index (χ0v) is 16.0. The molecule has 122 valence electrons. The Hall–Kier alpha value is -1.49. The molecule has 1 saturated carbocycles. The van der Waals surface area contributed by atoms with E-state index in [-0.39, 0.29) is 0 Å². The zero-order chi connectivity index (χ0) is 16.7. The van der Waals surface area contributed by atoms with Crippen LogP contribution in [0.3, 0.4) is 0 Å². The van der Waals surface area contributed by atoms with E-state index in [1.807, 2.05) is 17.5 Å². The summed E-state index contributed by atoms with van der Waals surface area (Å²) in [7, 11) is 0. The van der Waals surface area contributed by atoms with Crippen molar-refractivity contribution in [3.8, 4) is 0 Å². The molecule has 2 aromatic rings. The maximum Gasteiger partial charge on any atom is 0.234 e. The van der Waals surface area contributed by atoms with Crippen molar-refractivity contribution in [1.82, 2.24) is 14.4 Å². The molecule has 0 radical (unpaired) electrons. The number of hydrogen-bond acceptors (Lipinski definition) is 3. The highest BCUT2D eigenvalue weighted by molar-refractivity contribution is 9.11. The minimum atomic E-state index is 0.324. The highest BCUT2D eigenvalue weighted by atomic mass is 79.9. The summed E-state index contributed by atoms with van der Waals surface area (Å²) >= 11 is 3.65. The van der Waals surface area contributed by atoms with E-state index in [4.69, 9.17) is 9.98 Å². The van der Waals surface area contributed by atoms with Gasteiger partial charge in [-0.25, -0.2) is 15.0 Å². The van der Waals surface area contributed by atoms with E-state index in [1.165, 1.54) is 18.4 Å². The van der Waals surface area contributed by atoms with Crippen LogP contribution in [0.25, 0.3) is 5.78 Å². The summed E-state index contributed by atoms with van der Waals surface area (Å²) in [4.78, 5) is 14.0. The van der Waals surface area contributed by atoms with Crippen LogP contribution in [0.15, 0.2) is 27.6 Å². The summed E-state index contributed by atoms with van der Waals surface area (Å²) in [5.74, 6) is 1.79. The van der Waals surface area contributed by atoms with Crippen LogP contribution in [0.1, 0.15) is 63.4 Å². The van der Waals surface area contributed by atoms with Crippen LogP contribution < -0.4 is 0 Å². The molecule has 4 nitrogen and oxygen atoms in total. The van der Waals surface area contributed by atoms with Gasteiger partial charge in [0.05, 0.1) is 11.4 Å². The second-order valence-electron chi connectivity index (χ2n) is 6.73. The van der Waals surface area contributed by atoms with Crippen LogP contribution in [-0.2, 0) is 0 Å². The Labute approximate surface area is 145 Å². The van der Waals surface area contributed by atoms with E-state index in [0.717, 1.165) is 33.0 Å². The maximum atomic E-state index is 4.80. The number of halogens is 1. The first-order chi connectivity index (χ1) is 10.9. The Kier molecular flexibility index (Phi) is 4.41. The number of rotatable bonds is 4. The van der Waals surface area contributed by atoms with Crippen LogP contribution in [0.2, 0.25) is 0 Å². The molecule has 0 unspecified atom stereocenters. The highest BCUT2D eigenvalue weighted by Gasteiger charge is 2.25. The third-order valence-electron chi connectivity index (χ3n) is 4.32. The van der Waals surface area contributed by atoms with Gasteiger partial charge in [-0.1, -0.05) is 13.8 Å². The number of nitrogens with zero attached hydrogens (tertiary/aromatic N) is 4. The molecule has 0 saturated heterocycles. The van der Waals surface area contributed by atoms with Crippen molar-refractivity contribution in [3.05, 3.63) is 39.5 Å². The monoisotopic (exact) mass is 374 g/mol. The van der Waals surface area contributed by atoms with Crippen LogP contribution in [0.4, 0.5) is 0 Å². The quantitative estimate of drug-likeness (QED) is 0.557. The summed E-state index contributed by atoms with van der Waals surface area (Å²) in [5, 5.41) is 0. The molecule has 2 aromatic heterocycles. The smallest absolute Gasteiger partial charge is 0.234 e. The summed E-state index contributed by atoms with van der Waals surface area (Å²) in [6.07, 6.45) is 6.68. The summed E-state index contributed by atoms with van der Waals surface area (Å²) in [6.45, 7) is 10.5. The van der Waals surface area contributed by atoms with Crippen molar-refractivity contribution in [3.63, 3.8) is 0 Å². The number of fused-ring (bicyclic) bond motifs is 1. The molecule has 0 spiro atoms. The van der Waals surface area contributed by atoms with Crippen molar-refractivity contribution in [2.75, 3.05) is 0 Å². The van der Waals surface area contributed by atoms with E-state index in [0.29, 0.717) is 11.8 Å². The minimum absolute atomic E-state index is 0.324. The largest absolute Gasteiger partial charge is 0.290 e. The predicted octanol–water partition coefficient (Wildman–Crippen LogP) is 5.01. The first kappa shape index (κ1) is 16.4. The summed E-state index contributed by atoms with van der Waals surface area (Å²) in [6, 6.07) is 0. The maximum absolute atomic E-state index is 4.80. The lowest BCUT2D eigenvalue weighted by atomic mass is 10.0. The molecule has 0 atom stereocenters. The molecule has 5 heteroatoms. The Bertz CT molecular complexity index is 810. The molecule has 0 N–H and O–H groups in total. The van der Waals surface area contributed by atoms with Gasteiger partial charge >= 0.3 is 0 Å². The van der Waals surface area contributed by atoms with Gasteiger partial charge in [0.25, 0.3) is 0 Å². The second-order valence-corrected chi connectivity index (χ2v) is 7.48. The third-order valence-corrected chi connectivity index (χ3v) is 5.12. The van der Waals surface area contributed by atoms with Gasteiger partial charge in [0.15, 0.2) is 0 Å². The van der Waals surface area contributed by atoms with Crippen LogP contribution in [0, 0.1) is 12.8 Å². The van der Waals surface area contributed by atoms with Gasteiger partial charge < -0.3 is 0 Å². The number of aliphatic imine (C=N–C) groups is 1. The van der Waals surface area contributed by atoms with Gasteiger partial charge in [-0.15, -0.1) is 0 Å². The molecular formula is C18H23BrN4. The number of hydrogen-bond donors (Lipinski definition) is 0. The standard InChI is InChI=1S/C18H23BrN4/c1-10(2)16-15(9-23-8-11(3)20-18(23)22-16)13(5)21-17(19)12(4)14-6-7-14/h8-10,14H,6-7H2,1-5H3/b17-12+,21-13+. The molecule has 0 bridgehead atoms. The molecule has 1 fully saturated rings. The van der Waals surface area contributed by atoms with E-state index >= 15 is 0 Å². The van der Waals surface area contributed by atoms with Gasteiger partial charge in [-0.2, -0.15) is 0 Å². The Morgan fingerprint density at radius 3 is 2.57 bits per heavy atom. The van der Waals surface area contributed by atoms with Crippen molar-refractivity contribution in [2.24, 2.45) is 10.9 Å². The lowest BCUT2D eigenvalue weighted by Crippen LogP contribution is -2.08. The summed E-state index contributed by atoms with van der Waals surface area (Å²) < 4.78 is 2.95. The molecule has 23 heavy (non-hydrogen) atoms. The first-order valence-electron chi connectivity index (χ1n) is 8.15. The zero-order valence-electron chi connectivity index (χ0n) is 14.4. The van der Waals surface area contributed by atoms with Crippen LogP contribution in [0.5, 0.6) is 0 Å². The molecule has 0 aromatic carbocycles. The predicted molar refractivity (Wildman–Crippen MR) is 98.4 cm³/mol. The Balaban J connectivity index is 2.09. The molecule has 0 aliphatic heterocycles. The highest BCUT2D eigenvalue weighted by Crippen LogP contribution is 2.39. The van der Waals surface area contributed by atoms with Crippen LogP contribution >= 0.6 is 15.9 Å². The number of allylic oxidation sites excluding steroid dienone is 1. The van der Waals surface area contributed by atoms with Crippen molar-refractivity contribution >= 4 is 27.4 Å². The number of aromatic nitrogens is 3. The van der Waals surface area contributed by atoms with Crippen molar-refractivity contribution in [1.29, 1.82) is 0 Å². The molecular weight excluding hydrogens is 352 g/mol. The van der Waals surface area contributed by atoms with Gasteiger partial charge in [0.1, 0.15) is 4.61 Å². The minimum Gasteiger partial charge on any atom is -0.290 e. The van der Waals surface area contributed by atoms with Gasteiger partial charge in [0.2, 0.25) is 5.78 Å². The second kappa shape index (κ2) is 6.19. The number of imidazole rings is 1. The molecule has 1 aliphatic rings. The van der Waals surface area contributed by atoms with E-state index in [1.54, 1.807) is 0 Å². The van der Waals surface area contributed by atoms with E-state index in [2.05, 4.69) is 54.8 Å². The average Bonchev–Trinajstić information content (AvgIpc) is 3.26. The lowest BCUT2D eigenvalue weighted by Gasteiger charge is -2.12. The van der Waals surface area contributed by atoms with Gasteiger partial charge in [0, 0.05) is 23.7 Å². The molecule has 0 amide bonds. The van der Waals surface area contributed by atoms with Crippen molar-refractivity contribution < 1.29 is 0 Å². The Morgan fingerprint density at radius 1 is 1.26 bits per heavy atom. The van der Waals surface area contributed by atoms with E-state index in [9.17, 15) is 0 Å². The van der Waals surface area contributed by atoms with E-state index < -0.39 is 0 Å². The topological polar surface area (TPSA) is 42.5 Å². The Morgan fingerprint density at radius 2 is 1.96 bits per heavy atom. The first-order valence-corrected chi connectivity index (χ1v) is 8.94. The van der Waals surface area contributed by atoms with Crippen LogP contribution in [-0.4, -0.2) is 20.1 Å². The van der Waals surface area contributed by atoms with Crippen molar-refractivity contribution in [2.45, 2.75) is 53.4 Å².